The average molecular weight is 260 g/mol. The Hall–Kier alpha value is -2.17. The molecule has 3 rings (SSSR count). The van der Waals surface area contributed by atoms with E-state index in [-0.39, 0.29) is 17.5 Å². The number of carbonyl (C=O) groups is 1. The lowest BCUT2D eigenvalue weighted by molar-refractivity contribution is 0.0952. The Bertz CT molecular complexity index is 732. The lowest BCUT2D eigenvalue weighted by Gasteiger charge is -2.12. The van der Waals surface area contributed by atoms with Gasteiger partial charge in [0.2, 0.25) is 0 Å². The molecule has 1 heterocycles. The first-order valence-electron chi connectivity index (χ1n) is 6.18. The van der Waals surface area contributed by atoms with Gasteiger partial charge >= 0.3 is 0 Å². The summed E-state index contributed by atoms with van der Waals surface area (Å²) in [5.41, 5.74) is 0.0756. The Balaban J connectivity index is 2.36. The Morgan fingerprint density at radius 2 is 2.11 bits per heavy atom. The van der Waals surface area contributed by atoms with Gasteiger partial charge in [-0.25, -0.2) is 4.39 Å². The molecule has 98 valence electrons. The van der Waals surface area contributed by atoms with Crippen molar-refractivity contribution in [3.8, 4) is 0 Å². The van der Waals surface area contributed by atoms with Crippen LogP contribution in [-0.4, -0.2) is 17.5 Å². The molecule has 0 atom stereocenters. The molecule has 0 unspecified atom stereocenters. The number of aromatic nitrogens is 1. The number of carbonyl (C=O) groups excluding carboxylic acids is 1. The van der Waals surface area contributed by atoms with Crippen LogP contribution in [0.25, 0.3) is 10.8 Å². The van der Waals surface area contributed by atoms with E-state index in [2.05, 4.69) is 5.32 Å². The molecule has 5 heteroatoms. The van der Waals surface area contributed by atoms with Crippen LogP contribution in [0.5, 0.6) is 0 Å². The van der Waals surface area contributed by atoms with Crippen LogP contribution in [0.3, 0.4) is 0 Å². The van der Waals surface area contributed by atoms with Crippen molar-refractivity contribution in [1.82, 2.24) is 9.88 Å². The second kappa shape index (κ2) is 4.19. The van der Waals surface area contributed by atoms with Crippen molar-refractivity contribution < 1.29 is 9.18 Å². The molecule has 0 saturated heterocycles. The number of pyridine rings is 1. The van der Waals surface area contributed by atoms with Gasteiger partial charge < -0.3 is 9.88 Å². The first kappa shape index (κ1) is 11.9. The number of halogens is 1. The van der Waals surface area contributed by atoms with Crippen LogP contribution < -0.4 is 10.9 Å². The first-order chi connectivity index (χ1) is 9.11. The summed E-state index contributed by atoms with van der Waals surface area (Å²) in [6, 6.07) is 5.69. The van der Waals surface area contributed by atoms with E-state index < -0.39 is 5.82 Å². The zero-order valence-electron chi connectivity index (χ0n) is 10.4. The van der Waals surface area contributed by atoms with E-state index in [1.165, 1.54) is 29.8 Å². The maximum atomic E-state index is 13.2. The monoisotopic (exact) mass is 260 g/mol. The fraction of sp³-hybridized carbons (Fsp3) is 0.286. The van der Waals surface area contributed by atoms with Crippen LogP contribution in [0, 0.1) is 5.82 Å². The van der Waals surface area contributed by atoms with Crippen molar-refractivity contribution in [2.45, 2.75) is 18.9 Å². The van der Waals surface area contributed by atoms with E-state index in [4.69, 9.17) is 0 Å². The Labute approximate surface area is 108 Å². The quantitative estimate of drug-likeness (QED) is 0.895. The number of rotatable bonds is 2. The van der Waals surface area contributed by atoms with E-state index in [1.54, 1.807) is 6.07 Å². The molecular weight excluding hydrogens is 247 g/mol. The van der Waals surface area contributed by atoms with E-state index in [9.17, 15) is 14.0 Å². The summed E-state index contributed by atoms with van der Waals surface area (Å²) >= 11 is 0. The highest BCUT2D eigenvalue weighted by atomic mass is 19.1. The fourth-order valence-corrected chi connectivity index (χ4v) is 2.30. The van der Waals surface area contributed by atoms with E-state index >= 15 is 0 Å². The van der Waals surface area contributed by atoms with Gasteiger partial charge in [0.15, 0.2) is 0 Å². The highest BCUT2D eigenvalue weighted by Crippen LogP contribution is 2.35. The minimum atomic E-state index is -0.418. The largest absolute Gasteiger partial charge is 0.354 e. The van der Waals surface area contributed by atoms with Gasteiger partial charge in [-0.1, -0.05) is 0 Å². The number of fused-ring (bicyclic) bond motifs is 1. The molecule has 4 nitrogen and oxygen atoms in total. The molecule has 0 radical (unpaired) electrons. The van der Waals surface area contributed by atoms with E-state index in [0.717, 1.165) is 12.8 Å². The van der Waals surface area contributed by atoms with Gasteiger partial charge in [-0.3, -0.25) is 9.59 Å². The molecule has 1 saturated carbocycles. The molecule has 0 bridgehead atoms. The molecule has 1 aliphatic rings. The van der Waals surface area contributed by atoms with Gasteiger partial charge in [-0.05, 0) is 42.5 Å². The molecule has 0 spiro atoms. The SMILES string of the molecule is CNC(=O)c1cc2cc(F)ccc2c(=O)n1C1CC1. The smallest absolute Gasteiger partial charge is 0.267 e. The summed E-state index contributed by atoms with van der Waals surface area (Å²) in [7, 11) is 1.51. The minimum Gasteiger partial charge on any atom is -0.354 e. The zero-order valence-corrected chi connectivity index (χ0v) is 10.4. The van der Waals surface area contributed by atoms with Crippen LogP contribution in [-0.2, 0) is 0 Å². The highest BCUT2D eigenvalue weighted by Gasteiger charge is 2.29. The van der Waals surface area contributed by atoms with Gasteiger partial charge in [0.05, 0.1) is 0 Å². The second-order valence-electron chi connectivity index (χ2n) is 4.75. The van der Waals surface area contributed by atoms with Crippen LogP contribution >= 0.6 is 0 Å². The molecule has 1 fully saturated rings. The molecule has 1 aromatic heterocycles. The maximum absolute atomic E-state index is 13.2. The molecule has 1 amide bonds. The maximum Gasteiger partial charge on any atom is 0.267 e. The lowest BCUT2D eigenvalue weighted by atomic mass is 10.1. The predicted octanol–water partition coefficient (Wildman–Crippen LogP) is 1.84. The molecule has 1 aromatic carbocycles. The van der Waals surface area contributed by atoms with Gasteiger partial charge in [0.1, 0.15) is 11.5 Å². The first-order valence-corrected chi connectivity index (χ1v) is 6.18. The number of nitrogens with zero attached hydrogens (tertiary/aromatic N) is 1. The number of benzene rings is 1. The van der Waals surface area contributed by atoms with Crippen molar-refractivity contribution in [1.29, 1.82) is 0 Å². The lowest BCUT2D eigenvalue weighted by Crippen LogP contribution is -2.30. The summed E-state index contributed by atoms with van der Waals surface area (Å²) in [5, 5.41) is 3.42. The molecule has 1 aliphatic carbocycles. The third-order valence-corrected chi connectivity index (χ3v) is 3.39. The standard InChI is InChI=1S/C14H13FN2O2/c1-16-13(18)12-7-8-6-9(15)2-5-11(8)14(19)17(12)10-3-4-10/h2,5-7,10H,3-4H2,1H3,(H,16,18). The average Bonchev–Trinajstić information content (AvgIpc) is 3.21. The van der Waals surface area contributed by atoms with Crippen molar-refractivity contribution in [2.75, 3.05) is 7.05 Å². The van der Waals surface area contributed by atoms with Crippen molar-refractivity contribution in [3.05, 3.63) is 46.1 Å². The Morgan fingerprint density at radius 1 is 1.37 bits per heavy atom. The summed E-state index contributed by atoms with van der Waals surface area (Å²) in [6.45, 7) is 0. The van der Waals surface area contributed by atoms with Crippen LogP contribution in [0.15, 0.2) is 29.1 Å². The fourth-order valence-electron chi connectivity index (χ4n) is 2.30. The normalized spacial score (nSPS) is 14.6. The number of nitrogens with one attached hydrogen (secondary N) is 1. The minimum absolute atomic E-state index is 0.0919. The zero-order chi connectivity index (χ0) is 13.6. The van der Waals surface area contributed by atoms with E-state index in [0.29, 0.717) is 16.5 Å². The number of hydrogen-bond acceptors (Lipinski definition) is 2. The molecular formula is C14H13FN2O2. The third kappa shape index (κ3) is 1.91. The second-order valence-corrected chi connectivity index (χ2v) is 4.75. The molecule has 0 aliphatic heterocycles. The summed E-state index contributed by atoms with van der Waals surface area (Å²) in [6.07, 6.45) is 1.80. The van der Waals surface area contributed by atoms with Gasteiger partial charge in [0.25, 0.3) is 11.5 Å². The van der Waals surface area contributed by atoms with Crippen molar-refractivity contribution in [2.24, 2.45) is 0 Å². The van der Waals surface area contributed by atoms with Crippen LogP contribution in [0.1, 0.15) is 29.4 Å². The topological polar surface area (TPSA) is 51.1 Å². The van der Waals surface area contributed by atoms with Crippen molar-refractivity contribution >= 4 is 16.7 Å². The summed E-state index contributed by atoms with van der Waals surface area (Å²) < 4.78 is 14.8. The number of amides is 1. The summed E-state index contributed by atoms with van der Waals surface area (Å²) in [4.78, 5) is 24.3. The van der Waals surface area contributed by atoms with Gasteiger partial charge in [-0.2, -0.15) is 0 Å². The summed E-state index contributed by atoms with van der Waals surface area (Å²) in [5.74, 6) is -0.742. The Kier molecular flexibility index (Phi) is 2.62. The molecule has 2 aromatic rings. The Morgan fingerprint density at radius 3 is 2.74 bits per heavy atom. The highest BCUT2D eigenvalue weighted by molar-refractivity contribution is 5.96. The van der Waals surface area contributed by atoms with Crippen molar-refractivity contribution in [3.63, 3.8) is 0 Å². The predicted molar refractivity (Wildman–Crippen MR) is 69.8 cm³/mol. The van der Waals surface area contributed by atoms with E-state index in [1.807, 2.05) is 0 Å². The molecule has 1 N–H and O–H groups in total. The van der Waals surface area contributed by atoms with Crippen LogP contribution in [0.4, 0.5) is 4.39 Å². The third-order valence-electron chi connectivity index (χ3n) is 3.39. The van der Waals surface area contributed by atoms with Crippen LogP contribution in [0.2, 0.25) is 0 Å². The molecule has 19 heavy (non-hydrogen) atoms. The number of hydrogen-bond donors (Lipinski definition) is 1. The van der Waals surface area contributed by atoms with Gasteiger partial charge in [-0.15, -0.1) is 0 Å². The van der Waals surface area contributed by atoms with Gasteiger partial charge in [0, 0.05) is 18.5 Å².